The third-order valence-corrected chi connectivity index (χ3v) is 1.80. The highest BCUT2D eigenvalue weighted by molar-refractivity contribution is 6.22. The third kappa shape index (κ3) is 5.60. The van der Waals surface area contributed by atoms with E-state index in [-0.39, 0.29) is 5.48 Å². The summed E-state index contributed by atoms with van der Waals surface area (Å²) in [5, 5.41) is 7.45. The van der Waals surface area contributed by atoms with Crippen molar-refractivity contribution in [2.75, 3.05) is 0 Å². The second-order valence-electron chi connectivity index (χ2n) is 2.80. The van der Waals surface area contributed by atoms with Crippen LogP contribution in [0.5, 0.6) is 0 Å². The van der Waals surface area contributed by atoms with Gasteiger partial charge in [0.2, 0.25) is 0 Å². The van der Waals surface area contributed by atoms with Crippen molar-refractivity contribution in [2.24, 2.45) is 5.73 Å². The van der Waals surface area contributed by atoms with Crippen LogP contribution in [-0.4, -0.2) is 15.8 Å². The van der Waals surface area contributed by atoms with Gasteiger partial charge in [-0.25, -0.2) is 0 Å². The van der Waals surface area contributed by atoms with Gasteiger partial charge < -0.3 is 10.6 Å². The maximum absolute atomic E-state index is 9.02. The molecule has 0 amide bonds. The Morgan fingerprint density at radius 2 is 1.85 bits per heavy atom. The Kier molecular flexibility index (Phi) is 4.95. The fraction of sp³-hybridized carbons (Fsp3) is 0.333. The quantitative estimate of drug-likeness (QED) is 0.430. The number of benzene rings is 1. The summed E-state index contributed by atoms with van der Waals surface area (Å²) < 4.78 is 0. The molecule has 1 rings (SSSR count). The molecule has 0 heterocycles. The molecule has 0 aliphatic carbocycles. The maximum Gasteiger partial charge on any atom is 0.191 e. The molecule has 4 heteroatoms. The van der Waals surface area contributed by atoms with Gasteiger partial charge in [-0.05, 0) is 12.0 Å². The molecular weight excluding hydrogens is 190 g/mol. The molecule has 0 bridgehead atoms. The van der Waals surface area contributed by atoms with Crippen molar-refractivity contribution in [3.05, 3.63) is 35.9 Å². The molecule has 1 aromatic rings. The first-order valence-corrected chi connectivity index (χ1v) is 4.20. The van der Waals surface area contributed by atoms with E-state index in [9.17, 15) is 0 Å². The molecule has 0 saturated carbocycles. The molecule has 0 saturated heterocycles. The highest BCUT2D eigenvalue weighted by Gasteiger charge is 2.15. The summed E-state index contributed by atoms with van der Waals surface area (Å²) in [7, 11) is 0. The maximum atomic E-state index is 9.02. The number of hydrogen-bond donors (Lipinski definition) is 2. The van der Waals surface area contributed by atoms with Gasteiger partial charge in [0.1, 0.15) is 0 Å². The molecular formula is C9H14ClNO2. The van der Waals surface area contributed by atoms with Crippen molar-refractivity contribution in [1.29, 1.82) is 0 Å². The number of hydrogen-bond acceptors (Lipinski definition) is 2. The minimum absolute atomic E-state index is 0. The minimum Gasteiger partial charge on any atom is -0.412 e. The van der Waals surface area contributed by atoms with Gasteiger partial charge in [-0.2, -0.15) is 0 Å². The molecule has 1 aromatic carbocycles. The number of halogens is 1. The van der Waals surface area contributed by atoms with Gasteiger partial charge in [0.25, 0.3) is 0 Å². The zero-order valence-electron chi connectivity index (χ0n) is 7.20. The number of aryl methyl sites for hydroxylation is 1. The van der Waals surface area contributed by atoms with Crippen molar-refractivity contribution >= 4 is 11.6 Å². The molecule has 0 spiro atoms. The Morgan fingerprint density at radius 1 is 1.31 bits per heavy atom. The normalized spacial score (nSPS) is 14.4. The van der Waals surface area contributed by atoms with E-state index in [2.05, 4.69) is 0 Å². The molecule has 13 heavy (non-hydrogen) atoms. The fourth-order valence-corrected chi connectivity index (χ4v) is 1.06. The number of aliphatic hydroxyl groups is 1. The van der Waals surface area contributed by atoms with Crippen LogP contribution in [-0.2, 0) is 6.42 Å². The van der Waals surface area contributed by atoms with Crippen LogP contribution in [0.4, 0.5) is 0 Å². The average molecular weight is 204 g/mol. The molecule has 74 valence electrons. The van der Waals surface area contributed by atoms with Crippen molar-refractivity contribution in [1.82, 2.24) is 0 Å². The monoisotopic (exact) mass is 203 g/mol. The Morgan fingerprint density at radius 3 is 2.31 bits per heavy atom. The molecule has 1 atom stereocenters. The summed E-state index contributed by atoms with van der Waals surface area (Å²) in [6.07, 6.45) is 1.05. The first kappa shape index (κ1) is 12.4. The van der Waals surface area contributed by atoms with E-state index >= 15 is 0 Å². The number of rotatable bonds is 3. The molecule has 1 unspecified atom stereocenters. The SMILES string of the molecule is NC(O)(Cl)CCc1ccccc1.O. The van der Waals surface area contributed by atoms with Gasteiger partial charge in [-0.3, -0.25) is 5.73 Å². The van der Waals surface area contributed by atoms with Crippen molar-refractivity contribution in [3.63, 3.8) is 0 Å². The summed E-state index contributed by atoms with van der Waals surface area (Å²) in [6.45, 7) is 0. The predicted molar refractivity (Wildman–Crippen MR) is 53.4 cm³/mol. The van der Waals surface area contributed by atoms with Gasteiger partial charge in [-0.1, -0.05) is 41.9 Å². The van der Waals surface area contributed by atoms with Gasteiger partial charge in [0.15, 0.2) is 5.18 Å². The second-order valence-corrected chi connectivity index (χ2v) is 3.46. The lowest BCUT2D eigenvalue weighted by Crippen LogP contribution is -2.32. The van der Waals surface area contributed by atoms with E-state index in [0.717, 1.165) is 5.56 Å². The van der Waals surface area contributed by atoms with E-state index < -0.39 is 5.18 Å². The zero-order chi connectivity index (χ0) is 9.03. The lowest BCUT2D eigenvalue weighted by Gasteiger charge is -2.13. The van der Waals surface area contributed by atoms with Crippen LogP contribution in [0.25, 0.3) is 0 Å². The summed E-state index contributed by atoms with van der Waals surface area (Å²) in [5.74, 6) is 0. The lowest BCUT2D eigenvalue weighted by atomic mass is 10.1. The summed E-state index contributed by atoms with van der Waals surface area (Å²) in [6, 6.07) is 9.78. The lowest BCUT2D eigenvalue weighted by molar-refractivity contribution is 0.126. The van der Waals surface area contributed by atoms with Crippen LogP contribution < -0.4 is 5.73 Å². The molecule has 0 radical (unpaired) electrons. The Hall–Kier alpha value is -0.610. The Bertz CT molecular complexity index is 233. The summed E-state index contributed by atoms with van der Waals surface area (Å²) in [4.78, 5) is 0. The minimum atomic E-state index is -1.57. The first-order chi connectivity index (χ1) is 5.58. The number of nitrogens with two attached hydrogens (primary N) is 1. The standard InChI is InChI=1S/C9H12ClNO.H2O/c10-9(11,12)7-6-8-4-2-1-3-5-8;/h1-5,12H,6-7,11H2;1H2. The van der Waals surface area contributed by atoms with Crippen LogP contribution in [0.1, 0.15) is 12.0 Å². The van der Waals surface area contributed by atoms with Crippen molar-refractivity contribution < 1.29 is 10.6 Å². The average Bonchev–Trinajstić information content (AvgIpc) is 2.02. The van der Waals surface area contributed by atoms with Crippen LogP contribution >= 0.6 is 11.6 Å². The summed E-state index contributed by atoms with van der Waals surface area (Å²) in [5.41, 5.74) is 6.33. The Balaban J connectivity index is 0.00000144. The van der Waals surface area contributed by atoms with Gasteiger partial charge >= 0.3 is 0 Å². The van der Waals surface area contributed by atoms with Crippen LogP contribution in [0.3, 0.4) is 0 Å². The van der Waals surface area contributed by atoms with E-state index in [0.29, 0.717) is 12.8 Å². The molecule has 0 aliphatic rings. The highest BCUT2D eigenvalue weighted by Crippen LogP contribution is 2.12. The van der Waals surface area contributed by atoms with Crippen molar-refractivity contribution in [2.45, 2.75) is 18.0 Å². The van der Waals surface area contributed by atoms with E-state index in [1.165, 1.54) is 0 Å². The zero-order valence-corrected chi connectivity index (χ0v) is 7.96. The van der Waals surface area contributed by atoms with Gasteiger partial charge in [-0.15, -0.1) is 0 Å². The van der Waals surface area contributed by atoms with E-state index in [1.54, 1.807) is 0 Å². The van der Waals surface area contributed by atoms with Crippen LogP contribution in [0.2, 0.25) is 0 Å². The van der Waals surface area contributed by atoms with Crippen LogP contribution in [0.15, 0.2) is 30.3 Å². The highest BCUT2D eigenvalue weighted by atomic mass is 35.5. The third-order valence-electron chi connectivity index (χ3n) is 1.61. The van der Waals surface area contributed by atoms with E-state index in [4.69, 9.17) is 22.4 Å². The Labute approximate surface area is 82.4 Å². The first-order valence-electron chi connectivity index (χ1n) is 3.82. The predicted octanol–water partition coefficient (Wildman–Crippen LogP) is 0.638. The smallest absolute Gasteiger partial charge is 0.191 e. The largest absolute Gasteiger partial charge is 0.412 e. The second kappa shape index (κ2) is 5.19. The van der Waals surface area contributed by atoms with E-state index in [1.807, 2.05) is 30.3 Å². The van der Waals surface area contributed by atoms with Gasteiger partial charge in [0.05, 0.1) is 0 Å². The summed E-state index contributed by atoms with van der Waals surface area (Å²) >= 11 is 5.42. The van der Waals surface area contributed by atoms with Crippen molar-refractivity contribution in [3.8, 4) is 0 Å². The van der Waals surface area contributed by atoms with Gasteiger partial charge in [0, 0.05) is 6.42 Å². The molecule has 0 aromatic heterocycles. The molecule has 5 N–H and O–H groups in total. The molecule has 3 nitrogen and oxygen atoms in total. The topological polar surface area (TPSA) is 77.8 Å². The number of alkyl halides is 1. The molecule has 0 aliphatic heterocycles. The van der Waals surface area contributed by atoms with Crippen LogP contribution in [0, 0.1) is 0 Å². The molecule has 0 fully saturated rings. The fourth-order valence-electron chi connectivity index (χ4n) is 0.964.